The first-order valence-electron chi connectivity index (χ1n) is 20.2. The van der Waals surface area contributed by atoms with E-state index in [-0.39, 0.29) is 13.1 Å². The lowest BCUT2D eigenvalue weighted by Gasteiger charge is -2.62. The molecule has 0 radical (unpaired) electrons. The Balaban J connectivity index is 1.23. The van der Waals surface area contributed by atoms with Gasteiger partial charge in [-0.15, -0.1) is 9.24 Å². The zero-order valence-electron chi connectivity index (χ0n) is 31.2. The van der Waals surface area contributed by atoms with Gasteiger partial charge in [0, 0.05) is 24.8 Å². The van der Waals surface area contributed by atoms with Gasteiger partial charge >= 0.3 is 0 Å². The molecule has 11 rings (SSSR count). The summed E-state index contributed by atoms with van der Waals surface area (Å²) in [5, 5.41) is 1.60. The lowest BCUT2D eigenvalue weighted by Crippen LogP contribution is -2.53. The van der Waals surface area contributed by atoms with Crippen LogP contribution in [-0.2, 0) is 5.16 Å². The molecule has 6 heteroatoms. The van der Waals surface area contributed by atoms with Crippen molar-refractivity contribution in [1.29, 1.82) is 0 Å². The van der Waals surface area contributed by atoms with Crippen LogP contribution >= 0.6 is 17.2 Å². The van der Waals surface area contributed by atoms with E-state index in [2.05, 4.69) is 91.3 Å². The molecule has 0 aromatic carbocycles. The highest BCUT2D eigenvalue weighted by molar-refractivity contribution is 7.59. The standard InChI is InChI=1S/C43H62N2P2Si2/c1-48(2,3)39-23-38(43(46,35-9-7-11-44-24-35)36-10-8-12-45-25-36)37(42(39)49(4,5)6)26-47(40-31-15-27-13-28(17-31)18-32(40)16-27)41-33-19-29-14-30(21-33)22-34(41)20-29/h7-12,23-25,27-34,39-41H,13-22,26,46H2,1-6H3. The highest BCUT2D eigenvalue weighted by Crippen LogP contribution is 2.72. The molecule has 2 nitrogen and oxygen atoms in total. The largest absolute Gasteiger partial charge is 0.264 e. The molecule has 0 amide bonds. The first-order valence-corrected chi connectivity index (χ1v) is 29.5. The van der Waals surface area contributed by atoms with Crippen molar-refractivity contribution in [3.05, 3.63) is 82.6 Å². The Morgan fingerprint density at radius 2 is 1.10 bits per heavy atom. The summed E-state index contributed by atoms with van der Waals surface area (Å²) in [4.78, 5) is 9.52. The summed E-state index contributed by atoms with van der Waals surface area (Å²) in [6.07, 6.45) is 28.2. The number of hydrogen-bond donors (Lipinski definition) is 0. The van der Waals surface area contributed by atoms with Gasteiger partial charge in [0.1, 0.15) is 0 Å². The van der Waals surface area contributed by atoms with Crippen LogP contribution in [0.1, 0.15) is 75.3 Å². The molecule has 0 saturated heterocycles. The lowest BCUT2D eigenvalue weighted by molar-refractivity contribution is 0.0131. The van der Waals surface area contributed by atoms with Crippen LogP contribution in [0.2, 0.25) is 44.8 Å². The minimum absolute atomic E-state index is 0.113. The fourth-order valence-corrected chi connectivity index (χ4v) is 25.8. The maximum atomic E-state index is 4.76. The van der Waals surface area contributed by atoms with Gasteiger partial charge in [0.2, 0.25) is 0 Å². The van der Waals surface area contributed by atoms with Gasteiger partial charge in [0.25, 0.3) is 0 Å². The Kier molecular flexibility index (Phi) is 8.52. The van der Waals surface area contributed by atoms with Gasteiger partial charge < -0.3 is 0 Å². The van der Waals surface area contributed by atoms with Crippen LogP contribution in [0.5, 0.6) is 0 Å². The van der Waals surface area contributed by atoms with Gasteiger partial charge in [-0.3, -0.25) is 9.97 Å². The summed E-state index contributed by atoms with van der Waals surface area (Å²) < 4.78 is 0. The van der Waals surface area contributed by atoms with E-state index in [1.165, 1.54) is 17.3 Å². The van der Waals surface area contributed by atoms with E-state index in [0.29, 0.717) is 5.54 Å². The van der Waals surface area contributed by atoms with Crippen LogP contribution in [0.3, 0.4) is 0 Å². The smallest absolute Gasteiger partial charge is 0.0732 e. The van der Waals surface area contributed by atoms with Gasteiger partial charge in [0.05, 0.1) is 21.3 Å². The Morgan fingerprint density at radius 1 is 0.673 bits per heavy atom. The zero-order chi connectivity index (χ0) is 33.9. The predicted octanol–water partition coefficient (Wildman–Crippen LogP) is 11.5. The third-order valence-corrected chi connectivity index (χ3v) is 24.9. The lowest BCUT2D eigenvalue weighted by atomic mass is 9.55. The number of nitrogens with zero attached hydrogens (tertiary/aromatic N) is 2. The molecular formula is C43H62N2P2Si2. The summed E-state index contributed by atoms with van der Waals surface area (Å²) in [6, 6.07) is 9.02. The quantitative estimate of drug-likeness (QED) is 0.190. The van der Waals surface area contributed by atoms with Crippen molar-refractivity contribution < 1.29 is 0 Å². The molecule has 49 heavy (non-hydrogen) atoms. The van der Waals surface area contributed by atoms with E-state index in [1.54, 1.807) is 69.8 Å². The van der Waals surface area contributed by atoms with Crippen LogP contribution < -0.4 is 0 Å². The summed E-state index contributed by atoms with van der Waals surface area (Å²) in [6.45, 7) is 16.1. The number of hydrogen-bond acceptors (Lipinski definition) is 2. The van der Waals surface area contributed by atoms with Crippen LogP contribution in [0, 0.1) is 47.3 Å². The molecule has 2 aromatic heterocycles. The third kappa shape index (κ3) is 5.74. The molecule has 8 saturated carbocycles. The molecule has 0 aliphatic heterocycles. The Hall–Kier alpha value is -0.926. The molecule has 0 N–H and O–H groups in total. The minimum Gasteiger partial charge on any atom is -0.264 e. The average molecular weight is 725 g/mol. The normalized spacial score (nSPS) is 38.8. The summed E-state index contributed by atoms with van der Waals surface area (Å²) in [5.74, 6) is 8.31. The molecule has 2 atom stereocenters. The first-order chi connectivity index (χ1) is 23.4. The van der Waals surface area contributed by atoms with Gasteiger partial charge in [-0.1, -0.05) is 70.6 Å². The fraction of sp³-hybridized carbons (Fsp3) is 0.674. The molecule has 262 valence electrons. The second-order valence-electron chi connectivity index (χ2n) is 20.4. The molecule has 2 aromatic rings. The van der Waals surface area contributed by atoms with E-state index >= 15 is 0 Å². The second-order valence-corrected chi connectivity index (χ2v) is 34.2. The molecule has 8 bridgehead atoms. The van der Waals surface area contributed by atoms with E-state index in [0.717, 1.165) is 58.7 Å². The van der Waals surface area contributed by atoms with Crippen LogP contribution in [0.15, 0.2) is 71.5 Å². The van der Waals surface area contributed by atoms with Gasteiger partial charge in [0.15, 0.2) is 0 Å². The third-order valence-electron chi connectivity index (χ3n) is 15.2. The summed E-state index contributed by atoms with van der Waals surface area (Å²) in [7, 11) is 0.0999. The Bertz CT molecular complexity index is 1480. The zero-order valence-corrected chi connectivity index (χ0v) is 35.3. The minimum atomic E-state index is -1.68. The predicted molar refractivity (Wildman–Crippen MR) is 218 cm³/mol. The number of allylic oxidation sites excluding steroid dienone is 4. The van der Waals surface area contributed by atoms with Gasteiger partial charge in [-0.2, -0.15) is 0 Å². The van der Waals surface area contributed by atoms with Crippen LogP contribution in [0.25, 0.3) is 0 Å². The average Bonchev–Trinajstić information content (AvgIpc) is 3.45. The van der Waals surface area contributed by atoms with E-state index in [1.807, 2.05) is 23.2 Å². The molecule has 9 aliphatic rings. The molecule has 2 unspecified atom stereocenters. The van der Waals surface area contributed by atoms with Gasteiger partial charge in [-0.25, -0.2) is 0 Å². The topological polar surface area (TPSA) is 25.8 Å². The van der Waals surface area contributed by atoms with Crippen molar-refractivity contribution in [3.8, 4) is 0 Å². The fourth-order valence-electron chi connectivity index (χ4n) is 14.0. The van der Waals surface area contributed by atoms with Crippen LogP contribution in [-0.4, -0.2) is 43.6 Å². The second kappa shape index (κ2) is 12.3. The molecule has 9 aliphatic carbocycles. The van der Waals surface area contributed by atoms with Crippen molar-refractivity contribution in [2.24, 2.45) is 47.3 Å². The van der Waals surface area contributed by atoms with E-state index < -0.39 is 16.1 Å². The highest BCUT2D eigenvalue weighted by atomic mass is 31.1. The number of aromatic nitrogens is 2. The first kappa shape index (κ1) is 33.9. The summed E-state index contributed by atoms with van der Waals surface area (Å²) >= 11 is 0. The molecule has 0 spiro atoms. The monoisotopic (exact) mass is 724 g/mol. The Morgan fingerprint density at radius 3 is 1.45 bits per heavy atom. The van der Waals surface area contributed by atoms with Crippen molar-refractivity contribution in [2.75, 3.05) is 6.16 Å². The summed E-state index contributed by atoms with van der Waals surface area (Å²) in [5.41, 5.74) is 8.73. The van der Waals surface area contributed by atoms with Crippen molar-refractivity contribution in [3.63, 3.8) is 0 Å². The van der Waals surface area contributed by atoms with Crippen molar-refractivity contribution >= 4 is 33.3 Å². The Labute approximate surface area is 303 Å². The SMILES string of the molecule is C[Si](C)(C)C1=C(CP(C2C3CC4CC(C3)CC2C4)C2C3CC4CC(C3)CC2C4)C(C(P)(c2cccnc2)c2cccnc2)=CC1[Si](C)(C)C. The van der Waals surface area contributed by atoms with Crippen molar-refractivity contribution in [2.45, 2.75) is 126 Å². The molecular weight excluding hydrogens is 663 g/mol. The van der Waals surface area contributed by atoms with Crippen LogP contribution in [0.4, 0.5) is 0 Å². The number of pyridine rings is 2. The maximum Gasteiger partial charge on any atom is 0.0732 e. The maximum absolute atomic E-state index is 4.76. The highest BCUT2D eigenvalue weighted by Gasteiger charge is 2.58. The number of rotatable bonds is 9. The van der Waals surface area contributed by atoms with E-state index in [4.69, 9.17) is 9.97 Å². The van der Waals surface area contributed by atoms with E-state index in [9.17, 15) is 0 Å². The van der Waals surface area contributed by atoms with Crippen molar-refractivity contribution in [1.82, 2.24) is 9.97 Å². The van der Waals surface area contributed by atoms with Gasteiger partial charge in [-0.05, 0) is 169 Å². The molecule has 8 fully saturated rings. The molecule has 2 heterocycles.